The van der Waals surface area contributed by atoms with Crippen LogP contribution in [0.4, 0.5) is 0 Å². The van der Waals surface area contributed by atoms with Crippen molar-refractivity contribution < 1.29 is 4.43 Å². The molecule has 1 rings (SSSR count). The summed E-state index contributed by atoms with van der Waals surface area (Å²) in [6, 6.07) is 10.7. The summed E-state index contributed by atoms with van der Waals surface area (Å²) in [7, 11) is -1.61. The van der Waals surface area contributed by atoms with E-state index in [0.717, 1.165) is 13.0 Å². The first-order chi connectivity index (χ1) is 8.56. The summed E-state index contributed by atoms with van der Waals surface area (Å²) < 4.78 is 6.29. The van der Waals surface area contributed by atoms with Crippen molar-refractivity contribution in [3.05, 3.63) is 35.9 Å². The first-order valence-electron chi connectivity index (χ1n) is 7.26. The predicted molar refractivity (Wildman–Crippen MR) is 87.2 cm³/mol. The third-order valence-electron chi connectivity index (χ3n) is 4.55. The lowest BCUT2D eigenvalue weighted by atomic mass is 9.82. The Bertz CT molecular complexity index is 387. The average Bonchev–Trinajstić information content (AvgIpc) is 2.28. The average molecular weight is 279 g/mol. The van der Waals surface area contributed by atoms with Crippen LogP contribution < -0.4 is 0 Å². The molecule has 0 aliphatic rings. The zero-order valence-electron chi connectivity index (χ0n) is 13.7. The van der Waals surface area contributed by atoms with Crippen molar-refractivity contribution in [3.8, 4) is 0 Å². The zero-order valence-corrected chi connectivity index (χ0v) is 14.7. The molecule has 19 heavy (non-hydrogen) atoms. The molecule has 0 amide bonds. The molecule has 0 aliphatic carbocycles. The molecule has 1 nitrogen and oxygen atoms in total. The van der Waals surface area contributed by atoms with Crippen LogP contribution in [0.25, 0.3) is 0 Å². The summed E-state index contributed by atoms with van der Waals surface area (Å²) in [5, 5.41) is 0.296. The molecule has 0 spiro atoms. The molecule has 1 aromatic carbocycles. The first-order valence-corrected chi connectivity index (χ1v) is 10.2. The van der Waals surface area contributed by atoms with Gasteiger partial charge in [-0.05, 0) is 35.5 Å². The van der Waals surface area contributed by atoms with Gasteiger partial charge in [0.2, 0.25) is 0 Å². The van der Waals surface area contributed by atoms with Crippen LogP contribution in [0.2, 0.25) is 18.1 Å². The second kappa shape index (κ2) is 5.80. The predicted octanol–water partition coefficient (Wildman–Crippen LogP) is 5.38. The van der Waals surface area contributed by atoms with Crippen LogP contribution in [-0.4, -0.2) is 14.9 Å². The summed E-state index contributed by atoms with van der Waals surface area (Å²) in [6.45, 7) is 17.0. The Balaban J connectivity index is 2.58. The van der Waals surface area contributed by atoms with Gasteiger partial charge in [0, 0.05) is 6.61 Å². The van der Waals surface area contributed by atoms with E-state index in [-0.39, 0.29) is 5.41 Å². The maximum atomic E-state index is 6.29. The second-order valence-corrected chi connectivity index (χ2v) is 12.4. The fourth-order valence-corrected chi connectivity index (χ4v) is 2.86. The van der Waals surface area contributed by atoms with Gasteiger partial charge >= 0.3 is 0 Å². The van der Waals surface area contributed by atoms with Gasteiger partial charge in [0.25, 0.3) is 0 Å². The van der Waals surface area contributed by atoms with Crippen LogP contribution in [0.1, 0.15) is 46.6 Å². The molecule has 0 N–H and O–H groups in total. The van der Waals surface area contributed by atoms with Gasteiger partial charge in [-0.15, -0.1) is 0 Å². The molecule has 2 heteroatoms. The van der Waals surface area contributed by atoms with Crippen molar-refractivity contribution in [3.63, 3.8) is 0 Å². The normalized spacial score (nSPS) is 13.6. The Hall–Kier alpha value is -0.603. The van der Waals surface area contributed by atoms with Gasteiger partial charge in [0.05, 0.1) is 0 Å². The van der Waals surface area contributed by atoms with Gasteiger partial charge in [0.15, 0.2) is 8.32 Å². The van der Waals surface area contributed by atoms with Crippen LogP contribution in [0, 0.1) is 0 Å². The van der Waals surface area contributed by atoms with E-state index < -0.39 is 8.32 Å². The summed E-state index contributed by atoms with van der Waals surface area (Å²) in [5.41, 5.74) is 1.58. The Kier molecular flexibility index (Phi) is 5.02. The SMILES string of the molecule is CC(C)(CCO[Si](C)(C)C(C)(C)C)c1ccccc1. The topological polar surface area (TPSA) is 9.23 Å². The number of rotatable bonds is 5. The highest BCUT2D eigenvalue weighted by Crippen LogP contribution is 2.37. The van der Waals surface area contributed by atoms with Crippen LogP contribution >= 0.6 is 0 Å². The van der Waals surface area contributed by atoms with E-state index in [9.17, 15) is 0 Å². The molecule has 1 aromatic rings. The van der Waals surface area contributed by atoms with E-state index in [1.807, 2.05) is 0 Å². The molecule has 0 atom stereocenters. The van der Waals surface area contributed by atoms with Gasteiger partial charge < -0.3 is 4.43 Å². The van der Waals surface area contributed by atoms with Crippen molar-refractivity contribution in [1.29, 1.82) is 0 Å². The monoisotopic (exact) mass is 278 g/mol. The van der Waals surface area contributed by atoms with Gasteiger partial charge in [-0.25, -0.2) is 0 Å². The molecular weight excluding hydrogens is 248 g/mol. The molecule has 0 aliphatic heterocycles. The minimum Gasteiger partial charge on any atom is -0.417 e. The van der Waals surface area contributed by atoms with Crippen molar-refractivity contribution in [2.45, 2.75) is 64.6 Å². The minimum atomic E-state index is -1.61. The van der Waals surface area contributed by atoms with Crippen LogP contribution in [-0.2, 0) is 9.84 Å². The summed E-state index contributed by atoms with van der Waals surface area (Å²) in [5.74, 6) is 0. The van der Waals surface area contributed by atoms with Crippen molar-refractivity contribution in [2.75, 3.05) is 6.61 Å². The molecule has 0 saturated carbocycles. The van der Waals surface area contributed by atoms with E-state index in [1.54, 1.807) is 0 Å². The molecule has 108 valence electrons. The number of benzene rings is 1. The fourth-order valence-electron chi connectivity index (χ4n) is 1.81. The molecule has 0 radical (unpaired) electrons. The minimum absolute atomic E-state index is 0.184. The largest absolute Gasteiger partial charge is 0.417 e. The Morgan fingerprint density at radius 3 is 1.95 bits per heavy atom. The third kappa shape index (κ3) is 4.46. The molecule has 0 saturated heterocycles. The fraction of sp³-hybridized carbons (Fsp3) is 0.647. The van der Waals surface area contributed by atoms with Crippen molar-refractivity contribution in [2.24, 2.45) is 0 Å². The van der Waals surface area contributed by atoms with E-state index >= 15 is 0 Å². The summed E-state index contributed by atoms with van der Waals surface area (Å²) in [6.07, 6.45) is 1.07. The van der Waals surface area contributed by atoms with E-state index in [0.29, 0.717) is 5.04 Å². The summed E-state index contributed by atoms with van der Waals surface area (Å²) in [4.78, 5) is 0. The lowest BCUT2D eigenvalue weighted by molar-refractivity contribution is 0.251. The van der Waals surface area contributed by atoms with Gasteiger partial charge in [-0.2, -0.15) is 0 Å². The Morgan fingerprint density at radius 1 is 0.947 bits per heavy atom. The smallest absolute Gasteiger partial charge is 0.191 e. The van der Waals surface area contributed by atoms with Crippen LogP contribution in [0.3, 0.4) is 0 Å². The standard InChI is InChI=1S/C17H30OSi/c1-16(2,3)19(6,7)18-14-13-17(4,5)15-11-9-8-10-12-15/h8-12H,13-14H2,1-7H3. The van der Waals surface area contributed by atoms with Crippen LogP contribution in [0.5, 0.6) is 0 Å². The molecule has 0 bridgehead atoms. The molecular formula is C17H30OSi. The highest BCUT2D eigenvalue weighted by Gasteiger charge is 2.37. The zero-order chi connectivity index (χ0) is 14.7. The maximum absolute atomic E-state index is 6.29. The maximum Gasteiger partial charge on any atom is 0.191 e. The number of hydrogen-bond donors (Lipinski definition) is 0. The molecule has 0 unspecified atom stereocenters. The van der Waals surface area contributed by atoms with Crippen LogP contribution in [0.15, 0.2) is 30.3 Å². The quantitative estimate of drug-likeness (QED) is 0.657. The van der Waals surface area contributed by atoms with Crippen molar-refractivity contribution in [1.82, 2.24) is 0 Å². The first kappa shape index (κ1) is 16.5. The Morgan fingerprint density at radius 2 is 1.47 bits per heavy atom. The van der Waals surface area contributed by atoms with E-state index in [2.05, 4.69) is 78.0 Å². The summed E-state index contributed by atoms with van der Waals surface area (Å²) >= 11 is 0. The lowest BCUT2D eigenvalue weighted by Crippen LogP contribution is -2.41. The Labute approximate surface area is 120 Å². The van der Waals surface area contributed by atoms with Crippen molar-refractivity contribution >= 4 is 8.32 Å². The van der Waals surface area contributed by atoms with Gasteiger partial charge in [-0.1, -0.05) is 65.0 Å². The number of hydrogen-bond acceptors (Lipinski definition) is 1. The molecule has 0 fully saturated rings. The molecule has 0 heterocycles. The second-order valence-electron chi connectivity index (χ2n) is 7.61. The lowest BCUT2D eigenvalue weighted by Gasteiger charge is -2.37. The van der Waals surface area contributed by atoms with E-state index in [1.165, 1.54) is 5.56 Å². The van der Waals surface area contributed by atoms with Gasteiger partial charge in [-0.3, -0.25) is 0 Å². The molecule has 0 aromatic heterocycles. The third-order valence-corrected chi connectivity index (χ3v) is 9.09. The highest BCUT2D eigenvalue weighted by atomic mass is 28.4. The van der Waals surface area contributed by atoms with Gasteiger partial charge in [0.1, 0.15) is 0 Å². The van der Waals surface area contributed by atoms with E-state index in [4.69, 9.17) is 4.43 Å². The highest BCUT2D eigenvalue weighted by molar-refractivity contribution is 6.74.